The second-order valence-corrected chi connectivity index (χ2v) is 5.29. The third kappa shape index (κ3) is 1.93. The standard InChI is InChI=1S/C14H15N7/c1-8-12(18-15)16-13(9-6-7-9)17-14(8)21-11-5-3-2-4-10(11)19-20-21/h2-5,9H,6-7,15H2,1H3,(H,16,17,18). The van der Waals surface area contributed by atoms with Gasteiger partial charge in [-0.15, -0.1) is 5.10 Å². The van der Waals surface area contributed by atoms with Crippen molar-refractivity contribution in [3.63, 3.8) is 0 Å². The quantitative estimate of drug-likeness (QED) is 0.560. The molecule has 106 valence electrons. The molecule has 4 rings (SSSR count). The number of nitrogen functional groups attached to an aromatic ring is 1. The van der Waals surface area contributed by atoms with Crippen LogP contribution in [0.4, 0.5) is 5.82 Å². The van der Waals surface area contributed by atoms with Gasteiger partial charge in [0.15, 0.2) is 5.82 Å². The van der Waals surface area contributed by atoms with Crippen molar-refractivity contribution in [2.75, 3.05) is 5.43 Å². The van der Waals surface area contributed by atoms with Crippen molar-refractivity contribution in [2.45, 2.75) is 25.7 Å². The monoisotopic (exact) mass is 281 g/mol. The Bertz CT molecular complexity index is 819. The van der Waals surface area contributed by atoms with E-state index in [0.717, 1.165) is 41.1 Å². The second kappa shape index (κ2) is 4.49. The predicted octanol–water partition coefficient (Wildman–Crippen LogP) is 1.68. The fraction of sp³-hybridized carbons (Fsp3) is 0.286. The number of nitrogens with zero attached hydrogens (tertiary/aromatic N) is 5. The van der Waals surface area contributed by atoms with E-state index in [9.17, 15) is 0 Å². The summed E-state index contributed by atoms with van der Waals surface area (Å²) in [6.07, 6.45) is 2.26. The van der Waals surface area contributed by atoms with Gasteiger partial charge < -0.3 is 5.43 Å². The van der Waals surface area contributed by atoms with Gasteiger partial charge in [-0.1, -0.05) is 17.3 Å². The molecule has 21 heavy (non-hydrogen) atoms. The number of hydrogen-bond acceptors (Lipinski definition) is 6. The molecule has 0 radical (unpaired) electrons. The van der Waals surface area contributed by atoms with Gasteiger partial charge in [-0.05, 0) is 31.9 Å². The largest absolute Gasteiger partial charge is 0.308 e. The smallest absolute Gasteiger partial charge is 0.164 e. The number of para-hydroxylation sites is 1. The van der Waals surface area contributed by atoms with Crippen LogP contribution in [-0.4, -0.2) is 25.0 Å². The van der Waals surface area contributed by atoms with Gasteiger partial charge in [0.1, 0.15) is 17.2 Å². The molecule has 3 N–H and O–H groups in total. The number of nitrogens with one attached hydrogen (secondary N) is 1. The molecule has 1 fully saturated rings. The Morgan fingerprint density at radius 1 is 1.24 bits per heavy atom. The molecule has 3 aromatic rings. The normalized spacial score (nSPS) is 14.6. The molecular weight excluding hydrogens is 266 g/mol. The van der Waals surface area contributed by atoms with Crippen LogP contribution in [0.1, 0.15) is 30.1 Å². The maximum atomic E-state index is 5.59. The Labute approximate surface area is 121 Å². The highest BCUT2D eigenvalue weighted by atomic mass is 15.4. The van der Waals surface area contributed by atoms with Crippen molar-refractivity contribution in [3.8, 4) is 5.82 Å². The maximum Gasteiger partial charge on any atom is 0.164 e. The van der Waals surface area contributed by atoms with E-state index in [0.29, 0.717) is 11.7 Å². The molecule has 2 aromatic heterocycles. The Hall–Kier alpha value is -2.54. The number of benzene rings is 1. The van der Waals surface area contributed by atoms with E-state index < -0.39 is 0 Å². The SMILES string of the molecule is Cc1c(NN)nc(C2CC2)nc1-n1nnc2ccccc21. The molecule has 0 amide bonds. The van der Waals surface area contributed by atoms with Crippen molar-refractivity contribution < 1.29 is 0 Å². The Morgan fingerprint density at radius 2 is 2.05 bits per heavy atom. The van der Waals surface area contributed by atoms with E-state index in [1.54, 1.807) is 4.68 Å². The molecule has 0 unspecified atom stereocenters. The van der Waals surface area contributed by atoms with Crippen molar-refractivity contribution >= 4 is 16.9 Å². The topological polar surface area (TPSA) is 94.5 Å². The summed E-state index contributed by atoms with van der Waals surface area (Å²) in [7, 11) is 0. The lowest BCUT2D eigenvalue weighted by atomic mass is 10.2. The van der Waals surface area contributed by atoms with Gasteiger partial charge in [-0.25, -0.2) is 15.8 Å². The van der Waals surface area contributed by atoms with Crippen LogP contribution in [0.5, 0.6) is 0 Å². The number of hydrogen-bond donors (Lipinski definition) is 2. The first kappa shape index (κ1) is 12.2. The van der Waals surface area contributed by atoms with Gasteiger partial charge in [-0.2, -0.15) is 4.68 Å². The van der Waals surface area contributed by atoms with Crippen molar-refractivity contribution in [3.05, 3.63) is 35.7 Å². The molecule has 0 bridgehead atoms. The molecule has 1 saturated carbocycles. The average molecular weight is 281 g/mol. The van der Waals surface area contributed by atoms with Crippen LogP contribution >= 0.6 is 0 Å². The summed E-state index contributed by atoms with van der Waals surface area (Å²) in [5, 5.41) is 8.41. The summed E-state index contributed by atoms with van der Waals surface area (Å²) in [6, 6.07) is 7.81. The van der Waals surface area contributed by atoms with Crippen LogP contribution in [0, 0.1) is 6.92 Å². The number of hydrazine groups is 1. The van der Waals surface area contributed by atoms with Crippen molar-refractivity contribution in [2.24, 2.45) is 5.84 Å². The van der Waals surface area contributed by atoms with Crippen molar-refractivity contribution in [1.82, 2.24) is 25.0 Å². The molecule has 2 heterocycles. The minimum atomic E-state index is 0.436. The Balaban J connectivity index is 1.96. The van der Waals surface area contributed by atoms with E-state index in [2.05, 4.69) is 25.7 Å². The van der Waals surface area contributed by atoms with Gasteiger partial charge in [0.25, 0.3) is 0 Å². The molecule has 0 atom stereocenters. The van der Waals surface area contributed by atoms with Crippen LogP contribution in [0.15, 0.2) is 24.3 Å². The highest BCUT2D eigenvalue weighted by Crippen LogP contribution is 2.39. The summed E-state index contributed by atoms with van der Waals surface area (Å²) in [6.45, 7) is 1.93. The second-order valence-electron chi connectivity index (χ2n) is 5.29. The summed E-state index contributed by atoms with van der Waals surface area (Å²) in [5.41, 5.74) is 5.27. The third-order valence-electron chi connectivity index (χ3n) is 3.77. The Morgan fingerprint density at radius 3 is 2.81 bits per heavy atom. The van der Waals surface area contributed by atoms with Crippen LogP contribution in [0.2, 0.25) is 0 Å². The molecule has 1 aromatic carbocycles. The first-order chi connectivity index (χ1) is 10.3. The maximum absolute atomic E-state index is 5.59. The van der Waals surface area contributed by atoms with Gasteiger partial charge >= 0.3 is 0 Å². The minimum Gasteiger partial charge on any atom is -0.308 e. The molecule has 0 aliphatic heterocycles. The zero-order valence-electron chi connectivity index (χ0n) is 11.6. The molecule has 0 saturated heterocycles. The van der Waals surface area contributed by atoms with E-state index in [1.165, 1.54) is 0 Å². The van der Waals surface area contributed by atoms with Crippen LogP contribution < -0.4 is 11.3 Å². The number of fused-ring (bicyclic) bond motifs is 1. The van der Waals surface area contributed by atoms with E-state index in [-0.39, 0.29) is 0 Å². The fourth-order valence-electron chi connectivity index (χ4n) is 2.42. The molecule has 0 spiro atoms. The molecule has 7 heteroatoms. The minimum absolute atomic E-state index is 0.436. The van der Waals surface area contributed by atoms with Gasteiger partial charge in [0.05, 0.1) is 5.52 Å². The third-order valence-corrected chi connectivity index (χ3v) is 3.77. The number of anilines is 1. The zero-order valence-corrected chi connectivity index (χ0v) is 11.6. The predicted molar refractivity (Wildman–Crippen MR) is 79.0 cm³/mol. The van der Waals surface area contributed by atoms with Gasteiger partial charge in [0, 0.05) is 11.5 Å². The van der Waals surface area contributed by atoms with Gasteiger partial charge in [-0.3, -0.25) is 0 Å². The highest BCUT2D eigenvalue weighted by Gasteiger charge is 2.28. The Kier molecular flexibility index (Phi) is 2.61. The van der Waals surface area contributed by atoms with E-state index in [1.807, 2.05) is 31.2 Å². The lowest BCUT2D eigenvalue weighted by Crippen LogP contribution is -2.15. The number of nitrogens with two attached hydrogens (primary N) is 1. The van der Waals surface area contributed by atoms with Crippen LogP contribution in [0.25, 0.3) is 16.9 Å². The summed E-state index contributed by atoms with van der Waals surface area (Å²) in [4.78, 5) is 9.18. The first-order valence-corrected chi connectivity index (χ1v) is 6.94. The highest BCUT2D eigenvalue weighted by molar-refractivity contribution is 5.76. The lowest BCUT2D eigenvalue weighted by molar-refractivity contribution is 0.773. The average Bonchev–Trinajstić information content (AvgIpc) is 3.27. The van der Waals surface area contributed by atoms with E-state index >= 15 is 0 Å². The summed E-state index contributed by atoms with van der Waals surface area (Å²) in [5.74, 6) is 8.22. The summed E-state index contributed by atoms with van der Waals surface area (Å²) >= 11 is 0. The summed E-state index contributed by atoms with van der Waals surface area (Å²) < 4.78 is 1.75. The zero-order chi connectivity index (χ0) is 14.4. The van der Waals surface area contributed by atoms with Gasteiger partial charge in [0.2, 0.25) is 0 Å². The van der Waals surface area contributed by atoms with Crippen LogP contribution in [0.3, 0.4) is 0 Å². The van der Waals surface area contributed by atoms with Crippen LogP contribution in [-0.2, 0) is 0 Å². The molecule has 1 aliphatic carbocycles. The molecular formula is C14H15N7. The van der Waals surface area contributed by atoms with Crippen molar-refractivity contribution in [1.29, 1.82) is 0 Å². The number of aromatic nitrogens is 5. The van der Waals surface area contributed by atoms with E-state index in [4.69, 9.17) is 5.84 Å². The number of rotatable bonds is 3. The fourth-order valence-corrected chi connectivity index (χ4v) is 2.42. The molecule has 7 nitrogen and oxygen atoms in total. The first-order valence-electron chi connectivity index (χ1n) is 6.94. The lowest BCUT2D eigenvalue weighted by Gasteiger charge is -2.11. The molecule has 1 aliphatic rings.